The number of anilines is 1. The number of para-hydroxylation sites is 1. The second-order valence-electron chi connectivity index (χ2n) is 5.89. The van der Waals surface area contributed by atoms with E-state index < -0.39 is 0 Å². The fourth-order valence-corrected chi connectivity index (χ4v) is 3.40. The van der Waals surface area contributed by atoms with Crippen molar-refractivity contribution in [2.75, 3.05) is 18.4 Å². The predicted molar refractivity (Wildman–Crippen MR) is 92.4 cm³/mol. The zero-order valence-electron chi connectivity index (χ0n) is 12.3. The summed E-state index contributed by atoms with van der Waals surface area (Å²) in [7, 11) is 0. The minimum absolute atomic E-state index is 0.507. The third-order valence-electron chi connectivity index (χ3n) is 4.15. The number of benzene rings is 2. The van der Waals surface area contributed by atoms with Crippen molar-refractivity contribution in [1.82, 2.24) is 4.90 Å². The maximum absolute atomic E-state index is 3.69. The van der Waals surface area contributed by atoms with Crippen molar-refractivity contribution in [2.24, 2.45) is 5.92 Å². The fraction of sp³-hybridized carbons (Fsp3) is 0.333. The molecule has 2 nitrogen and oxygen atoms in total. The van der Waals surface area contributed by atoms with Crippen LogP contribution in [0.25, 0.3) is 0 Å². The minimum Gasteiger partial charge on any atom is -0.380 e. The standard InChI is InChI=1S/C18H21BrN2/c1-14-11-21(12-15-7-3-2-4-8-15)13-18(14)20-17-10-6-5-9-16(17)19/h2-10,14,18,20H,11-13H2,1H3/t14-,18+/m1/s1. The molecule has 110 valence electrons. The van der Waals surface area contributed by atoms with E-state index in [2.05, 4.69) is 87.7 Å². The Labute approximate surface area is 135 Å². The molecule has 0 aromatic heterocycles. The molecule has 0 unspecified atom stereocenters. The molecule has 3 rings (SSSR count). The molecule has 1 heterocycles. The fourth-order valence-electron chi connectivity index (χ4n) is 3.00. The number of hydrogen-bond donors (Lipinski definition) is 1. The lowest BCUT2D eigenvalue weighted by atomic mass is 10.1. The van der Waals surface area contributed by atoms with Crippen LogP contribution in [-0.2, 0) is 6.54 Å². The van der Waals surface area contributed by atoms with Crippen LogP contribution in [0.5, 0.6) is 0 Å². The Morgan fingerprint density at radius 2 is 1.76 bits per heavy atom. The molecule has 0 aliphatic carbocycles. The third kappa shape index (κ3) is 3.66. The van der Waals surface area contributed by atoms with Crippen molar-refractivity contribution in [3.63, 3.8) is 0 Å². The Hall–Kier alpha value is -1.32. The number of likely N-dealkylation sites (tertiary alicyclic amines) is 1. The zero-order valence-corrected chi connectivity index (χ0v) is 13.9. The quantitative estimate of drug-likeness (QED) is 0.885. The van der Waals surface area contributed by atoms with Crippen LogP contribution in [0.4, 0.5) is 5.69 Å². The molecule has 2 atom stereocenters. The monoisotopic (exact) mass is 344 g/mol. The van der Waals surface area contributed by atoms with Gasteiger partial charge in [0.2, 0.25) is 0 Å². The van der Waals surface area contributed by atoms with Crippen LogP contribution in [0.3, 0.4) is 0 Å². The highest BCUT2D eigenvalue weighted by Crippen LogP contribution is 2.27. The Bertz CT molecular complexity index is 585. The second kappa shape index (κ2) is 6.63. The topological polar surface area (TPSA) is 15.3 Å². The molecule has 1 N–H and O–H groups in total. The SMILES string of the molecule is C[C@@H]1CN(Cc2ccccc2)C[C@@H]1Nc1ccccc1Br. The molecule has 3 heteroatoms. The van der Waals surface area contributed by atoms with E-state index in [4.69, 9.17) is 0 Å². The maximum Gasteiger partial charge on any atom is 0.0487 e. The van der Waals surface area contributed by atoms with Crippen molar-refractivity contribution >= 4 is 21.6 Å². The van der Waals surface area contributed by atoms with Gasteiger partial charge in [0.1, 0.15) is 0 Å². The lowest BCUT2D eigenvalue weighted by molar-refractivity contribution is 0.319. The lowest BCUT2D eigenvalue weighted by Crippen LogP contribution is -2.28. The number of rotatable bonds is 4. The summed E-state index contributed by atoms with van der Waals surface area (Å²) in [4.78, 5) is 2.54. The van der Waals surface area contributed by atoms with Crippen LogP contribution in [0, 0.1) is 5.92 Å². The van der Waals surface area contributed by atoms with Crippen molar-refractivity contribution < 1.29 is 0 Å². The highest BCUT2D eigenvalue weighted by Gasteiger charge is 2.29. The number of hydrogen-bond acceptors (Lipinski definition) is 2. The number of halogens is 1. The largest absolute Gasteiger partial charge is 0.380 e. The Kier molecular flexibility index (Phi) is 4.61. The molecule has 1 fully saturated rings. The Morgan fingerprint density at radius 3 is 2.52 bits per heavy atom. The highest BCUT2D eigenvalue weighted by atomic mass is 79.9. The van der Waals surface area contributed by atoms with E-state index in [9.17, 15) is 0 Å². The lowest BCUT2D eigenvalue weighted by Gasteiger charge is -2.19. The molecule has 1 aliphatic heterocycles. The zero-order chi connectivity index (χ0) is 14.7. The maximum atomic E-state index is 3.69. The van der Waals surface area contributed by atoms with Gasteiger partial charge in [0.05, 0.1) is 0 Å². The van der Waals surface area contributed by atoms with E-state index in [0.717, 1.165) is 24.1 Å². The molecular weight excluding hydrogens is 324 g/mol. The van der Waals surface area contributed by atoms with Crippen molar-refractivity contribution in [3.05, 3.63) is 64.6 Å². The minimum atomic E-state index is 0.507. The smallest absolute Gasteiger partial charge is 0.0487 e. The molecule has 2 aromatic carbocycles. The molecule has 21 heavy (non-hydrogen) atoms. The van der Waals surface area contributed by atoms with Crippen LogP contribution in [0.2, 0.25) is 0 Å². The number of nitrogens with one attached hydrogen (secondary N) is 1. The van der Waals surface area contributed by atoms with Crippen LogP contribution >= 0.6 is 15.9 Å². The molecule has 0 radical (unpaired) electrons. The van der Waals surface area contributed by atoms with Crippen molar-refractivity contribution in [2.45, 2.75) is 19.5 Å². The summed E-state index contributed by atoms with van der Waals surface area (Å²) >= 11 is 3.62. The summed E-state index contributed by atoms with van der Waals surface area (Å²) < 4.78 is 1.14. The van der Waals surface area contributed by atoms with E-state index in [-0.39, 0.29) is 0 Å². The van der Waals surface area contributed by atoms with Crippen molar-refractivity contribution in [3.8, 4) is 0 Å². The summed E-state index contributed by atoms with van der Waals surface area (Å²) in [6.07, 6.45) is 0. The van der Waals surface area contributed by atoms with E-state index in [1.807, 2.05) is 0 Å². The average Bonchev–Trinajstić information content (AvgIpc) is 2.82. The van der Waals surface area contributed by atoms with E-state index in [1.165, 1.54) is 11.3 Å². The molecule has 2 aromatic rings. The van der Waals surface area contributed by atoms with Crippen LogP contribution < -0.4 is 5.32 Å². The van der Waals surface area contributed by atoms with Gasteiger partial charge < -0.3 is 5.32 Å². The first-order valence-electron chi connectivity index (χ1n) is 7.50. The second-order valence-corrected chi connectivity index (χ2v) is 6.74. The first-order chi connectivity index (χ1) is 10.2. The van der Waals surface area contributed by atoms with E-state index in [0.29, 0.717) is 12.0 Å². The van der Waals surface area contributed by atoms with Gasteiger partial charge in [0.15, 0.2) is 0 Å². The third-order valence-corrected chi connectivity index (χ3v) is 4.84. The highest BCUT2D eigenvalue weighted by molar-refractivity contribution is 9.10. The normalized spacial score (nSPS) is 22.4. The summed E-state index contributed by atoms with van der Waals surface area (Å²) in [6, 6.07) is 19.6. The molecule has 0 bridgehead atoms. The Morgan fingerprint density at radius 1 is 1.05 bits per heavy atom. The van der Waals surface area contributed by atoms with Crippen LogP contribution in [0.1, 0.15) is 12.5 Å². The van der Waals surface area contributed by atoms with Gasteiger partial charge >= 0.3 is 0 Å². The molecule has 0 spiro atoms. The molecule has 1 saturated heterocycles. The van der Waals surface area contributed by atoms with Crippen molar-refractivity contribution in [1.29, 1.82) is 0 Å². The first kappa shape index (κ1) is 14.6. The summed E-state index contributed by atoms with van der Waals surface area (Å²) in [5.41, 5.74) is 2.59. The van der Waals surface area contributed by atoms with E-state index in [1.54, 1.807) is 0 Å². The van der Waals surface area contributed by atoms with Crippen LogP contribution in [-0.4, -0.2) is 24.0 Å². The van der Waals surface area contributed by atoms with Gasteiger partial charge in [0, 0.05) is 35.8 Å². The Balaban J connectivity index is 1.62. The van der Waals surface area contributed by atoms with Gasteiger partial charge in [-0.25, -0.2) is 0 Å². The van der Waals surface area contributed by atoms with Gasteiger partial charge in [-0.3, -0.25) is 4.90 Å². The van der Waals surface area contributed by atoms with Crippen LogP contribution in [0.15, 0.2) is 59.1 Å². The average molecular weight is 345 g/mol. The van der Waals surface area contributed by atoms with E-state index >= 15 is 0 Å². The summed E-state index contributed by atoms with van der Waals surface area (Å²) in [6.45, 7) is 5.62. The molecule has 0 amide bonds. The number of nitrogens with zero attached hydrogens (tertiary/aromatic N) is 1. The van der Waals surface area contributed by atoms with Gasteiger partial charge in [-0.2, -0.15) is 0 Å². The first-order valence-corrected chi connectivity index (χ1v) is 8.29. The van der Waals surface area contributed by atoms with Gasteiger partial charge in [-0.15, -0.1) is 0 Å². The molecule has 0 saturated carbocycles. The molecular formula is C18H21BrN2. The summed E-state index contributed by atoms with van der Waals surface area (Å²) in [5, 5.41) is 3.69. The molecule has 1 aliphatic rings. The van der Waals surface area contributed by atoms with Gasteiger partial charge in [-0.05, 0) is 39.5 Å². The predicted octanol–water partition coefficient (Wildman–Crippen LogP) is 4.38. The summed E-state index contributed by atoms with van der Waals surface area (Å²) in [5.74, 6) is 0.654. The van der Waals surface area contributed by atoms with Gasteiger partial charge in [0.25, 0.3) is 0 Å². The van der Waals surface area contributed by atoms with Gasteiger partial charge in [-0.1, -0.05) is 49.4 Å².